The number of carbonyl (C=O) groups excluding carboxylic acids is 1. The molecule has 1 amide bonds. The van der Waals surface area contributed by atoms with Gasteiger partial charge in [-0.1, -0.05) is 0 Å². The molecule has 2 N–H and O–H groups in total. The van der Waals surface area contributed by atoms with E-state index in [4.69, 9.17) is 9.94 Å². The molecule has 2 rings (SSSR count). The van der Waals surface area contributed by atoms with Crippen LogP contribution in [0.5, 0.6) is 5.88 Å². The summed E-state index contributed by atoms with van der Waals surface area (Å²) < 4.78 is 4.98. The Balaban J connectivity index is 2.51. The van der Waals surface area contributed by atoms with E-state index < -0.39 is 5.91 Å². The first kappa shape index (κ1) is 11.9. The summed E-state index contributed by atoms with van der Waals surface area (Å²) in [5.74, 6) is -0.184. The minimum absolute atomic E-state index is 0.0103. The zero-order chi connectivity index (χ0) is 13.0. The number of rotatable bonds is 3. The summed E-state index contributed by atoms with van der Waals surface area (Å²) in [7, 11) is 1.43. The fraction of sp³-hybridized carbons (Fsp3) is 0.0909. The van der Waals surface area contributed by atoms with Crippen molar-refractivity contribution < 1.29 is 14.7 Å². The number of pyridine rings is 1. The fourth-order valence-electron chi connectivity index (χ4n) is 1.33. The van der Waals surface area contributed by atoms with Crippen molar-refractivity contribution in [2.75, 3.05) is 7.11 Å². The van der Waals surface area contributed by atoms with E-state index in [2.05, 4.69) is 15.0 Å². The van der Waals surface area contributed by atoms with E-state index >= 15 is 0 Å². The smallest absolute Gasteiger partial charge is 0.293 e. The first-order valence-corrected chi connectivity index (χ1v) is 5.02. The fourth-order valence-corrected chi connectivity index (χ4v) is 1.33. The van der Waals surface area contributed by atoms with Crippen LogP contribution in [0.25, 0.3) is 11.4 Å². The van der Waals surface area contributed by atoms with E-state index in [0.717, 1.165) is 0 Å². The van der Waals surface area contributed by atoms with Crippen molar-refractivity contribution in [2.45, 2.75) is 0 Å². The van der Waals surface area contributed by atoms with Crippen LogP contribution >= 0.6 is 0 Å². The van der Waals surface area contributed by atoms with Crippen molar-refractivity contribution >= 4 is 5.91 Å². The number of methoxy groups -OCH3 is 1. The van der Waals surface area contributed by atoms with Crippen LogP contribution in [0.3, 0.4) is 0 Å². The molecule has 0 unspecified atom stereocenters. The van der Waals surface area contributed by atoms with Gasteiger partial charge in [0.1, 0.15) is 5.69 Å². The van der Waals surface area contributed by atoms with Crippen molar-refractivity contribution in [3.8, 4) is 17.3 Å². The summed E-state index contributed by atoms with van der Waals surface area (Å²) in [5.41, 5.74) is 2.22. The molecule has 0 saturated carbocycles. The number of amides is 1. The maximum Gasteiger partial charge on any atom is 0.293 e. The molecule has 2 aromatic heterocycles. The average molecular weight is 246 g/mol. The predicted octanol–water partition coefficient (Wildman–Crippen LogP) is 0.666. The lowest BCUT2D eigenvalue weighted by Crippen LogP contribution is -2.20. The number of carbonyl (C=O) groups is 1. The predicted molar refractivity (Wildman–Crippen MR) is 61.1 cm³/mol. The zero-order valence-corrected chi connectivity index (χ0v) is 9.49. The second-order valence-corrected chi connectivity index (χ2v) is 3.30. The lowest BCUT2D eigenvalue weighted by molar-refractivity contribution is 0.0700. The van der Waals surface area contributed by atoms with Gasteiger partial charge in [-0.05, 0) is 12.1 Å². The molecule has 7 nitrogen and oxygen atoms in total. The molecule has 0 radical (unpaired) electrons. The lowest BCUT2D eigenvalue weighted by atomic mass is 10.2. The number of nitrogens with one attached hydrogen (secondary N) is 1. The van der Waals surface area contributed by atoms with Gasteiger partial charge in [0.15, 0.2) is 5.82 Å². The van der Waals surface area contributed by atoms with E-state index in [0.29, 0.717) is 11.4 Å². The quantitative estimate of drug-likeness (QED) is 0.610. The van der Waals surface area contributed by atoms with Gasteiger partial charge in [-0.25, -0.2) is 10.5 Å². The molecule has 0 bridgehead atoms. The summed E-state index contributed by atoms with van der Waals surface area (Å²) in [6.45, 7) is 0. The molecule has 18 heavy (non-hydrogen) atoms. The zero-order valence-electron chi connectivity index (χ0n) is 9.49. The number of ether oxygens (including phenoxy) is 1. The van der Waals surface area contributed by atoms with E-state index in [1.807, 2.05) is 0 Å². The summed E-state index contributed by atoms with van der Waals surface area (Å²) in [4.78, 5) is 23.4. The van der Waals surface area contributed by atoms with Crippen LogP contribution < -0.4 is 10.2 Å². The Morgan fingerprint density at radius 3 is 2.67 bits per heavy atom. The molecule has 7 heteroatoms. The van der Waals surface area contributed by atoms with Gasteiger partial charge in [0.25, 0.3) is 5.91 Å². The Kier molecular flexibility index (Phi) is 3.44. The Labute approximate surface area is 102 Å². The van der Waals surface area contributed by atoms with Crippen molar-refractivity contribution in [1.82, 2.24) is 20.4 Å². The molecule has 0 aromatic carbocycles. The summed E-state index contributed by atoms with van der Waals surface area (Å²) >= 11 is 0. The second-order valence-electron chi connectivity index (χ2n) is 3.30. The van der Waals surface area contributed by atoms with E-state index in [1.165, 1.54) is 18.7 Å². The maximum atomic E-state index is 11.3. The Morgan fingerprint density at radius 1 is 1.33 bits per heavy atom. The normalized spacial score (nSPS) is 9.89. The third-order valence-electron chi connectivity index (χ3n) is 2.18. The molecule has 2 heterocycles. The summed E-state index contributed by atoms with van der Waals surface area (Å²) in [6, 6.07) is 4.74. The van der Waals surface area contributed by atoms with Crippen molar-refractivity contribution in [1.29, 1.82) is 0 Å². The molecular formula is C11H10N4O3. The summed E-state index contributed by atoms with van der Waals surface area (Å²) in [6.07, 6.45) is 3.17. The molecule has 0 spiro atoms. The van der Waals surface area contributed by atoms with Crippen LogP contribution in [0, 0.1) is 0 Å². The number of hydrogen-bond donors (Lipinski definition) is 2. The highest BCUT2D eigenvalue weighted by Crippen LogP contribution is 2.18. The molecule has 0 aliphatic heterocycles. The highest BCUT2D eigenvalue weighted by Gasteiger charge is 2.12. The average Bonchev–Trinajstić information content (AvgIpc) is 2.46. The topological polar surface area (TPSA) is 97.2 Å². The van der Waals surface area contributed by atoms with Crippen LogP contribution in [0.4, 0.5) is 0 Å². The monoisotopic (exact) mass is 246 g/mol. The first-order chi connectivity index (χ1) is 8.74. The number of aromatic nitrogens is 3. The highest BCUT2D eigenvalue weighted by atomic mass is 16.5. The van der Waals surface area contributed by atoms with E-state index in [-0.39, 0.29) is 11.6 Å². The Hall–Kier alpha value is -2.54. The molecule has 2 aromatic rings. The Bertz CT molecular complexity index is 559. The maximum absolute atomic E-state index is 11.3. The lowest BCUT2D eigenvalue weighted by Gasteiger charge is -2.05. The van der Waals surface area contributed by atoms with Crippen LogP contribution in [0.1, 0.15) is 10.5 Å². The largest absolute Gasteiger partial charge is 0.481 e. The minimum Gasteiger partial charge on any atom is -0.481 e. The van der Waals surface area contributed by atoms with E-state index in [1.54, 1.807) is 24.5 Å². The number of hydrogen-bond acceptors (Lipinski definition) is 6. The van der Waals surface area contributed by atoms with Crippen LogP contribution in [0.15, 0.2) is 30.6 Å². The van der Waals surface area contributed by atoms with Gasteiger partial charge in [-0.15, -0.1) is 0 Å². The summed E-state index contributed by atoms with van der Waals surface area (Å²) in [5, 5.41) is 8.60. The molecule has 0 aliphatic rings. The van der Waals surface area contributed by atoms with Gasteiger partial charge in [-0.3, -0.25) is 15.0 Å². The van der Waals surface area contributed by atoms with Gasteiger partial charge < -0.3 is 4.74 Å². The van der Waals surface area contributed by atoms with E-state index in [9.17, 15) is 4.79 Å². The third-order valence-corrected chi connectivity index (χ3v) is 2.18. The van der Waals surface area contributed by atoms with Crippen molar-refractivity contribution in [3.63, 3.8) is 0 Å². The van der Waals surface area contributed by atoms with Crippen LogP contribution in [-0.4, -0.2) is 33.2 Å². The van der Waals surface area contributed by atoms with Gasteiger partial charge in [0.2, 0.25) is 5.88 Å². The molecular weight excluding hydrogens is 236 g/mol. The van der Waals surface area contributed by atoms with Gasteiger partial charge >= 0.3 is 0 Å². The number of nitrogens with zero attached hydrogens (tertiary/aromatic N) is 3. The molecule has 0 saturated heterocycles. The van der Waals surface area contributed by atoms with Crippen molar-refractivity contribution in [2.24, 2.45) is 0 Å². The first-order valence-electron chi connectivity index (χ1n) is 5.02. The highest BCUT2D eigenvalue weighted by molar-refractivity contribution is 5.92. The molecule has 0 atom stereocenters. The van der Waals surface area contributed by atoms with Gasteiger partial charge in [0, 0.05) is 24.0 Å². The van der Waals surface area contributed by atoms with Crippen LogP contribution in [-0.2, 0) is 0 Å². The third kappa shape index (κ3) is 2.41. The van der Waals surface area contributed by atoms with Crippen molar-refractivity contribution in [3.05, 3.63) is 36.3 Å². The Morgan fingerprint density at radius 2 is 2.06 bits per heavy atom. The second kappa shape index (κ2) is 5.19. The molecule has 0 aliphatic carbocycles. The molecule has 0 fully saturated rings. The molecule has 92 valence electrons. The van der Waals surface area contributed by atoms with Crippen LogP contribution in [0.2, 0.25) is 0 Å². The van der Waals surface area contributed by atoms with Gasteiger partial charge in [-0.2, -0.15) is 4.98 Å². The van der Waals surface area contributed by atoms with Gasteiger partial charge in [0.05, 0.1) is 7.11 Å². The SMILES string of the molecule is COc1cc(C(=O)NO)nc(-c2ccncc2)n1. The number of hydroxylamine groups is 1. The standard InChI is InChI=1S/C11H10N4O3/c1-18-9-6-8(11(16)15-17)13-10(14-9)7-2-4-12-5-3-7/h2-6,17H,1H3,(H,15,16). The minimum atomic E-state index is -0.731.